The SMILES string of the molecule is CCC(CC)(CS)CN1CCCN(C)CC1C. The van der Waals surface area contributed by atoms with Crippen LogP contribution in [-0.2, 0) is 0 Å². The van der Waals surface area contributed by atoms with Crippen molar-refractivity contribution in [2.75, 3.05) is 39.0 Å². The van der Waals surface area contributed by atoms with Gasteiger partial charge >= 0.3 is 0 Å². The Morgan fingerprint density at radius 1 is 1.24 bits per heavy atom. The van der Waals surface area contributed by atoms with E-state index < -0.39 is 0 Å². The van der Waals surface area contributed by atoms with Gasteiger partial charge in [-0.1, -0.05) is 13.8 Å². The number of rotatable bonds is 5. The summed E-state index contributed by atoms with van der Waals surface area (Å²) in [7, 11) is 2.24. The van der Waals surface area contributed by atoms with Crippen molar-refractivity contribution in [1.82, 2.24) is 9.80 Å². The Balaban J connectivity index is 2.64. The van der Waals surface area contributed by atoms with E-state index in [0.717, 1.165) is 5.75 Å². The fourth-order valence-electron chi connectivity index (χ4n) is 2.83. The third kappa shape index (κ3) is 4.15. The highest BCUT2D eigenvalue weighted by molar-refractivity contribution is 7.80. The molecule has 0 aromatic heterocycles. The highest BCUT2D eigenvalue weighted by Gasteiger charge is 2.30. The van der Waals surface area contributed by atoms with E-state index in [1.807, 2.05) is 0 Å². The summed E-state index contributed by atoms with van der Waals surface area (Å²) in [6, 6.07) is 0.680. The smallest absolute Gasteiger partial charge is 0.0195 e. The number of hydrogen-bond donors (Lipinski definition) is 1. The maximum absolute atomic E-state index is 4.60. The highest BCUT2D eigenvalue weighted by Crippen LogP contribution is 2.30. The van der Waals surface area contributed by atoms with Crippen LogP contribution in [0.2, 0.25) is 0 Å². The van der Waals surface area contributed by atoms with E-state index in [4.69, 9.17) is 0 Å². The zero-order valence-electron chi connectivity index (χ0n) is 12.1. The van der Waals surface area contributed by atoms with E-state index >= 15 is 0 Å². The lowest BCUT2D eigenvalue weighted by molar-refractivity contribution is 0.122. The molecule has 1 saturated heterocycles. The Hall–Kier alpha value is 0.270. The highest BCUT2D eigenvalue weighted by atomic mass is 32.1. The van der Waals surface area contributed by atoms with Gasteiger partial charge in [-0.3, -0.25) is 4.90 Å². The average molecular weight is 258 g/mol. The van der Waals surface area contributed by atoms with Crippen molar-refractivity contribution in [3.63, 3.8) is 0 Å². The average Bonchev–Trinajstić information content (AvgIpc) is 2.48. The third-order valence-electron chi connectivity index (χ3n) is 4.56. The molecule has 1 rings (SSSR count). The second-order valence-electron chi connectivity index (χ2n) is 5.80. The molecular weight excluding hydrogens is 228 g/mol. The van der Waals surface area contributed by atoms with Gasteiger partial charge in [0.1, 0.15) is 0 Å². The molecule has 0 N–H and O–H groups in total. The number of hydrogen-bond acceptors (Lipinski definition) is 3. The van der Waals surface area contributed by atoms with Crippen LogP contribution in [0.25, 0.3) is 0 Å². The van der Waals surface area contributed by atoms with Crippen molar-refractivity contribution >= 4 is 12.6 Å². The molecule has 3 heteroatoms. The molecule has 1 aliphatic heterocycles. The molecule has 1 atom stereocenters. The van der Waals surface area contributed by atoms with Crippen LogP contribution in [0, 0.1) is 5.41 Å². The molecule has 0 aromatic carbocycles. The largest absolute Gasteiger partial charge is 0.305 e. The molecule has 1 aliphatic rings. The molecule has 1 heterocycles. The molecular formula is C14H30N2S. The molecule has 0 spiro atoms. The Bertz CT molecular complexity index is 208. The van der Waals surface area contributed by atoms with Crippen LogP contribution >= 0.6 is 12.6 Å². The van der Waals surface area contributed by atoms with E-state index in [0.29, 0.717) is 11.5 Å². The van der Waals surface area contributed by atoms with Crippen LogP contribution in [0.1, 0.15) is 40.0 Å². The minimum Gasteiger partial charge on any atom is -0.305 e. The monoisotopic (exact) mass is 258 g/mol. The van der Waals surface area contributed by atoms with Crippen LogP contribution < -0.4 is 0 Å². The predicted octanol–water partition coefficient (Wildman–Crippen LogP) is 2.75. The van der Waals surface area contributed by atoms with Gasteiger partial charge in [0.2, 0.25) is 0 Å². The first-order valence-electron chi connectivity index (χ1n) is 7.10. The second-order valence-corrected chi connectivity index (χ2v) is 6.12. The van der Waals surface area contributed by atoms with E-state index in [9.17, 15) is 0 Å². The predicted molar refractivity (Wildman–Crippen MR) is 80.0 cm³/mol. The van der Waals surface area contributed by atoms with E-state index in [-0.39, 0.29) is 0 Å². The molecule has 0 bridgehead atoms. The van der Waals surface area contributed by atoms with Gasteiger partial charge in [-0.05, 0) is 57.5 Å². The molecule has 0 aliphatic carbocycles. The fourth-order valence-corrected chi connectivity index (χ4v) is 3.38. The normalized spacial score (nSPS) is 24.9. The Morgan fingerprint density at radius 2 is 1.88 bits per heavy atom. The van der Waals surface area contributed by atoms with Gasteiger partial charge in [-0.25, -0.2) is 0 Å². The van der Waals surface area contributed by atoms with Crippen molar-refractivity contribution in [3.05, 3.63) is 0 Å². The summed E-state index contributed by atoms with van der Waals surface area (Å²) in [6.45, 7) is 11.9. The van der Waals surface area contributed by atoms with Gasteiger partial charge in [0.05, 0.1) is 0 Å². The van der Waals surface area contributed by atoms with Gasteiger partial charge in [0.25, 0.3) is 0 Å². The molecule has 1 unspecified atom stereocenters. The van der Waals surface area contributed by atoms with Crippen molar-refractivity contribution < 1.29 is 0 Å². The first-order chi connectivity index (χ1) is 8.06. The zero-order valence-corrected chi connectivity index (χ0v) is 13.0. The maximum atomic E-state index is 4.60. The van der Waals surface area contributed by atoms with Crippen LogP contribution in [-0.4, -0.2) is 54.8 Å². The third-order valence-corrected chi connectivity index (χ3v) is 5.23. The molecule has 1 fully saturated rings. The fraction of sp³-hybridized carbons (Fsp3) is 1.00. The summed E-state index contributed by atoms with van der Waals surface area (Å²) in [5.41, 5.74) is 0.417. The summed E-state index contributed by atoms with van der Waals surface area (Å²) in [5.74, 6) is 1.01. The van der Waals surface area contributed by atoms with Gasteiger partial charge in [-0.15, -0.1) is 0 Å². The summed E-state index contributed by atoms with van der Waals surface area (Å²) in [4.78, 5) is 5.15. The van der Waals surface area contributed by atoms with E-state index in [1.54, 1.807) is 0 Å². The first-order valence-corrected chi connectivity index (χ1v) is 7.73. The van der Waals surface area contributed by atoms with Crippen LogP contribution in [0.4, 0.5) is 0 Å². The first kappa shape index (κ1) is 15.3. The summed E-state index contributed by atoms with van der Waals surface area (Å²) in [5, 5.41) is 0. The Labute approximate surface area is 113 Å². The van der Waals surface area contributed by atoms with Crippen LogP contribution in [0.3, 0.4) is 0 Å². The minimum atomic E-state index is 0.417. The number of thiol groups is 1. The molecule has 102 valence electrons. The minimum absolute atomic E-state index is 0.417. The van der Waals surface area contributed by atoms with Gasteiger partial charge in [0, 0.05) is 19.1 Å². The van der Waals surface area contributed by atoms with E-state index in [2.05, 4.69) is 50.2 Å². The van der Waals surface area contributed by atoms with Crippen LogP contribution in [0.15, 0.2) is 0 Å². The standard InChI is InChI=1S/C14H30N2S/c1-5-14(6-2,12-17)11-16-9-7-8-15(4)10-13(16)3/h13,17H,5-12H2,1-4H3. The van der Waals surface area contributed by atoms with Crippen molar-refractivity contribution in [1.29, 1.82) is 0 Å². The zero-order chi connectivity index (χ0) is 12.9. The Morgan fingerprint density at radius 3 is 2.41 bits per heavy atom. The molecule has 17 heavy (non-hydrogen) atoms. The van der Waals surface area contributed by atoms with Crippen LogP contribution in [0.5, 0.6) is 0 Å². The molecule has 0 amide bonds. The number of nitrogens with zero attached hydrogens (tertiary/aromatic N) is 2. The Kier molecular flexibility index (Phi) is 6.32. The lowest BCUT2D eigenvalue weighted by Gasteiger charge is -2.38. The molecule has 0 aromatic rings. The maximum Gasteiger partial charge on any atom is 0.0195 e. The number of likely N-dealkylation sites (N-methyl/N-ethyl adjacent to an activating group) is 1. The van der Waals surface area contributed by atoms with E-state index in [1.165, 1.54) is 45.4 Å². The van der Waals surface area contributed by atoms with Gasteiger partial charge in [-0.2, -0.15) is 12.6 Å². The topological polar surface area (TPSA) is 6.48 Å². The quantitative estimate of drug-likeness (QED) is 0.758. The second kappa shape index (κ2) is 7.01. The summed E-state index contributed by atoms with van der Waals surface area (Å²) >= 11 is 4.60. The van der Waals surface area contributed by atoms with Crippen molar-refractivity contribution in [2.45, 2.75) is 46.1 Å². The van der Waals surface area contributed by atoms with Crippen molar-refractivity contribution in [2.24, 2.45) is 5.41 Å². The molecule has 0 saturated carbocycles. The lowest BCUT2D eigenvalue weighted by atomic mass is 9.83. The summed E-state index contributed by atoms with van der Waals surface area (Å²) < 4.78 is 0. The molecule has 2 nitrogen and oxygen atoms in total. The van der Waals surface area contributed by atoms with Gasteiger partial charge < -0.3 is 4.90 Å². The van der Waals surface area contributed by atoms with Crippen molar-refractivity contribution in [3.8, 4) is 0 Å². The molecule has 0 radical (unpaired) electrons. The lowest BCUT2D eigenvalue weighted by Crippen LogP contribution is -2.45. The summed E-state index contributed by atoms with van der Waals surface area (Å²) in [6.07, 6.45) is 3.79. The van der Waals surface area contributed by atoms with Gasteiger partial charge in [0.15, 0.2) is 0 Å².